The van der Waals surface area contributed by atoms with Crippen LogP contribution >= 0.6 is 0 Å². The number of nitrogens with one attached hydrogen (secondary N) is 1. The number of aryl methyl sites for hydroxylation is 1. The number of ketones is 1. The number of aromatic amines is 1. The summed E-state index contributed by atoms with van der Waals surface area (Å²) in [5.74, 6) is 1.60. The molecule has 0 aliphatic heterocycles. The predicted octanol–water partition coefficient (Wildman–Crippen LogP) is 5.77. The average molecular weight is 472 g/mol. The lowest BCUT2D eigenvalue weighted by molar-refractivity contribution is 0.105. The van der Waals surface area contributed by atoms with Crippen molar-refractivity contribution in [3.8, 4) is 17.2 Å². The number of hydrogen-bond acceptors (Lipinski definition) is 5. The van der Waals surface area contributed by atoms with Gasteiger partial charge in [-0.15, -0.1) is 0 Å². The number of para-hydroxylation sites is 2. The van der Waals surface area contributed by atoms with Crippen LogP contribution in [0.2, 0.25) is 0 Å². The SMILES string of the molecule is COc1cc(C(=O)/C(=C\c2cc(C)n(C3CC3)c2C)c2nc3ccccc3[nH]2)cc(OC)c1OC. The number of fused-ring (bicyclic) bond motifs is 1. The van der Waals surface area contributed by atoms with Crippen LogP contribution in [0.25, 0.3) is 22.7 Å². The molecule has 0 spiro atoms. The highest BCUT2D eigenvalue weighted by Crippen LogP contribution is 2.41. The van der Waals surface area contributed by atoms with Gasteiger partial charge in [0.2, 0.25) is 5.75 Å². The molecule has 0 radical (unpaired) electrons. The molecule has 1 saturated carbocycles. The van der Waals surface area contributed by atoms with E-state index in [2.05, 4.69) is 29.5 Å². The van der Waals surface area contributed by atoms with E-state index in [9.17, 15) is 4.79 Å². The van der Waals surface area contributed by atoms with Crippen molar-refractivity contribution in [2.75, 3.05) is 21.3 Å². The summed E-state index contributed by atoms with van der Waals surface area (Å²) in [5, 5.41) is 0. The Hall–Kier alpha value is -4.00. The van der Waals surface area contributed by atoms with Gasteiger partial charge < -0.3 is 23.8 Å². The van der Waals surface area contributed by atoms with E-state index in [-0.39, 0.29) is 5.78 Å². The maximum Gasteiger partial charge on any atom is 0.203 e. The molecule has 2 aromatic heterocycles. The van der Waals surface area contributed by atoms with E-state index in [0.717, 1.165) is 22.3 Å². The molecule has 0 amide bonds. The van der Waals surface area contributed by atoms with Crippen LogP contribution in [-0.4, -0.2) is 41.6 Å². The summed E-state index contributed by atoms with van der Waals surface area (Å²) >= 11 is 0. The molecule has 5 rings (SSSR count). The zero-order chi connectivity index (χ0) is 24.7. The highest BCUT2D eigenvalue weighted by molar-refractivity contribution is 6.32. The molecule has 0 saturated heterocycles. The summed E-state index contributed by atoms with van der Waals surface area (Å²) in [4.78, 5) is 22.1. The third kappa shape index (κ3) is 4.07. The van der Waals surface area contributed by atoms with Crippen LogP contribution in [0.15, 0.2) is 42.5 Å². The molecule has 1 aliphatic rings. The first-order chi connectivity index (χ1) is 16.9. The van der Waals surface area contributed by atoms with E-state index < -0.39 is 0 Å². The van der Waals surface area contributed by atoms with Crippen molar-refractivity contribution in [2.24, 2.45) is 0 Å². The first-order valence-electron chi connectivity index (χ1n) is 11.6. The molecule has 0 bridgehead atoms. The number of hydrogen-bond donors (Lipinski definition) is 1. The first-order valence-corrected chi connectivity index (χ1v) is 11.6. The second-order valence-electron chi connectivity index (χ2n) is 8.83. The van der Waals surface area contributed by atoms with Crippen LogP contribution in [0.1, 0.15) is 52.0 Å². The minimum Gasteiger partial charge on any atom is -0.493 e. The summed E-state index contributed by atoms with van der Waals surface area (Å²) in [6, 6.07) is 13.8. The van der Waals surface area contributed by atoms with Crippen LogP contribution in [-0.2, 0) is 0 Å². The van der Waals surface area contributed by atoms with Gasteiger partial charge in [0.25, 0.3) is 0 Å². The van der Waals surface area contributed by atoms with Crippen molar-refractivity contribution in [3.63, 3.8) is 0 Å². The van der Waals surface area contributed by atoms with Gasteiger partial charge in [0.15, 0.2) is 17.3 Å². The molecule has 1 N–H and O–H groups in total. The molecule has 0 atom stereocenters. The topological polar surface area (TPSA) is 78.4 Å². The smallest absolute Gasteiger partial charge is 0.203 e. The maximum absolute atomic E-state index is 14.0. The van der Waals surface area contributed by atoms with Gasteiger partial charge in [-0.25, -0.2) is 4.98 Å². The number of methoxy groups -OCH3 is 3. The summed E-state index contributed by atoms with van der Waals surface area (Å²) in [6.07, 6.45) is 4.32. The van der Waals surface area contributed by atoms with Gasteiger partial charge in [0, 0.05) is 23.0 Å². The van der Waals surface area contributed by atoms with Gasteiger partial charge >= 0.3 is 0 Å². The number of aromatic nitrogens is 3. The third-order valence-corrected chi connectivity index (χ3v) is 6.55. The van der Waals surface area contributed by atoms with Crippen LogP contribution in [0, 0.1) is 13.8 Å². The zero-order valence-electron chi connectivity index (χ0n) is 20.6. The molecular formula is C28H29N3O4. The summed E-state index contributed by atoms with van der Waals surface area (Å²) in [7, 11) is 4.61. The Morgan fingerprint density at radius 1 is 1.03 bits per heavy atom. The Morgan fingerprint density at radius 3 is 2.31 bits per heavy atom. The molecule has 35 heavy (non-hydrogen) atoms. The second kappa shape index (κ2) is 8.98. The average Bonchev–Trinajstić information content (AvgIpc) is 3.54. The lowest BCUT2D eigenvalue weighted by Crippen LogP contribution is -2.07. The molecule has 2 aromatic carbocycles. The quantitative estimate of drug-likeness (QED) is 0.261. The number of Topliss-reactive ketones (excluding diaryl/α,β-unsaturated/α-hetero) is 1. The number of carbonyl (C=O) groups is 1. The lowest BCUT2D eigenvalue weighted by atomic mass is 9.99. The van der Waals surface area contributed by atoms with Gasteiger partial charge in [-0.1, -0.05) is 12.1 Å². The number of imidazole rings is 1. The van der Waals surface area contributed by atoms with Gasteiger partial charge in [-0.05, 0) is 68.7 Å². The molecule has 7 nitrogen and oxygen atoms in total. The van der Waals surface area contributed by atoms with E-state index in [1.807, 2.05) is 30.3 Å². The Labute approximate surface area is 204 Å². The number of rotatable bonds is 8. The number of ether oxygens (including phenoxy) is 3. The summed E-state index contributed by atoms with van der Waals surface area (Å²) in [6.45, 7) is 4.22. The highest BCUT2D eigenvalue weighted by Gasteiger charge is 2.28. The fraction of sp³-hybridized carbons (Fsp3) is 0.286. The lowest BCUT2D eigenvalue weighted by Gasteiger charge is -2.14. The van der Waals surface area contributed by atoms with Crippen molar-refractivity contribution in [1.82, 2.24) is 14.5 Å². The van der Waals surface area contributed by atoms with E-state index in [1.165, 1.54) is 39.9 Å². The number of H-pyrrole nitrogens is 1. The highest BCUT2D eigenvalue weighted by atomic mass is 16.5. The normalized spacial score (nSPS) is 13.8. The first kappa shape index (κ1) is 22.8. The van der Waals surface area contributed by atoms with E-state index in [4.69, 9.17) is 19.2 Å². The standard InChI is InChI=1S/C28H29N3O4/c1-16-12-18(17(2)31(16)20-10-11-20)13-21(28-29-22-8-6-7-9-23(22)30-28)26(32)19-14-24(33-3)27(35-5)25(15-19)34-4/h6-9,12-15,20H,10-11H2,1-5H3,(H,29,30)/b21-13+. The molecule has 7 heteroatoms. The van der Waals surface area contributed by atoms with Crippen LogP contribution in [0.4, 0.5) is 0 Å². The Bertz CT molecular complexity index is 1400. The monoisotopic (exact) mass is 471 g/mol. The minimum atomic E-state index is -0.195. The van der Waals surface area contributed by atoms with Crippen molar-refractivity contribution in [3.05, 3.63) is 70.8 Å². The van der Waals surface area contributed by atoms with Crippen molar-refractivity contribution in [1.29, 1.82) is 0 Å². The summed E-state index contributed by atoms with van der Waals surface area (Å²) < 4.78 is 18.8. The fourth-order valence-corrected chi connectivity index (χ4v) is 4.69. The Morgan fingerprint density at radius 2 is 1.71 bits per heavy atom. The zero-order valence-corrected chi connectivity index (χ0v) is 20.6. The van der Waals surface area contributed by atoms with E-state index in [0.29, 0.717) is 40.3 Å². The Balaban J connectivity index is 1.68. The fourth-order valence-electron chi connectivity index (χ4n) is 4.69. The number of benzene rings is 2. The number of carbonyl (C=O) groups excluding carboxylic acids is 1. The number of allylic oxidation sites excluding steroid dienone is 1. The Kier molecular flexibility index (Phi) is 5.84. The third-order valence-electron chi connectivity index (χ3n) is 6.55. The van der Waals surface area contributed by atoms with Crippen LogP contribution in [0.3, 0.4) is 0 Å². The molecule has 2 heterocycles. The molecule has 1 aliphatic carbocycles. The molecule has 1 fully saturated rings. The van der Waals surface area contributed by atoms with E-state index in [1.54, 1.807) is 12.1 Å². The largest absolute Gasteiger partial charge is 0.493 e. The molecular weight excluding hydrogens is 442 g/mol. The van der Waals surface area contributed by atoms with Crippen molar-refractivity contribution in [2.45, 2.75) is 32.7 Å². The molecule has 4 aromatic rings. The molecule has 0 unspecified atom stereocenters. The minimum absolute atomic E-state index is 0.195. The summed E-state index contributed by atoms with van der Waals surface area (Å²) in [5.41, 5.74) is 5.90. The van der Waals surface area contributed by atoms with Crippen LogP contribution < -0.4 is 14.2 Å². The van der Waals surface area contributed by atoms with Crippen LogP contribution in [0.5, 0.6) is 17.2 Å². The molecule has 180 valence electrons. The van der Waals surface area contributed by atoms with E-state index >= 15 is 0 Å². The van der Waals surface area contributed by atoms with Crippen molar-refractivity contribution < 1.29 is 19.0 Å². The predicted molar refractivity (Wildman–Crippen MR) is 137 cm³/mol. The van der Waals surface area contributed by atoms with Gasteiger partial charge in [0.1, 0.15) is 5.82 Å². The van der Waals surface area contributed by atoms with Gasteiger partial charge in [-0.3, -0.25) is 4.79 Å². The van der Waals surface area contributed by atoms with Gasteiger partial charge in [0.05, 0.1) is 37.9 Å². The van der Waals surface area contributed by atoms with Gasteiger partial charge in [-0.2, -0.15) is 0 Å². The number of nitrogens with zero attached hydrogens (tertiary/aromatic N) is 2. The second-order valence-corrected chi connectivity index (χ2v) is 8.83. The van der Waals surface area contributed by atoms with Crippen molar-refractivity contribution >= 4 is 28.5 Å². The maximum atomic E-state index is 14.0.